The molecule has 0 fully saturated rings. The molecule has 0 radical (unpaired) electrons. The van der Waals surface area contributed by atoms with Crippen LogP contribution in [0.5, 0.6) is 0 Å². The normalized spacial score (nSPS) is 17.7. The maximum absolute atomic E-state index is 4.10. The molecule has 2 rings (SSSR count). The van der Waals surface area contributed by atoms with E-state index in [2.05, 4.69) is 56.3 Å². The van der Waals surface area contributed by atoms with Crippen LogP contribution in [0.3, 0.4) is 0 Å². The summed E-state index contributed by atoms with van der Waals surface area (Å²) in [6.07, 6.45) is 11.8. The molecule has 0 aliphatic carbocycles. The fourth-order valence-electron chi connectivity index (χ4n) is 2.45. The molecule has 1 aliphatic heterocycles. The van der Waals surface area contributed by atoms with Crippen LogP contribution in [0.15, 0.2) is 91.2 Å². The fourth-order valence-corrected chi connectivity index (χ4v) is 2.45. The molecule has 0 saturated heterocycles. The number of dihydropyridines is 1. The predicted octanol–water partition coefficient (Wildman–Crippen LogP) is 5.10. The topological polar surface area (TPSA) is 12.0 Å². The van der Waals surface area contributed by atoms with E-state index in [0.717, 1.165) is 16.7 Å². The molecule has 106 valence electrons. The molecule has 1 N–H and O–H groups in total. The Bertz CT molecular complexity index is 656. The Kier molecular flexibility index (Phi) is 4.78. The van der Waals surface area contributed by atoms with Crippen LogP contribution < -0.4 is 5.32 Å². The Morgan fingerprint density at radius 2 is 2.00 bits per heavy atom. The summed E-state index contributed by atoms with van der Waals surface area (Å²) in [6, 6.07) is 8.46. The lowest BCUT2D eigenvalue weighted by Crippen LogP contribution is -2.19. The predicted molar refractivity (Wildman–Crippen MR) is 92.7 cm³/mol. The summed E-state index contributed by atoms with van der Waals surface area (Å²) in [4.78, 5) is 0. The number of hydrogen-bond acceptors (Lipinski definition) is 1. The van der Waals surface area contributed by atoms with Crippen LogP contribution in [0.25, 0.3) is 6.08 Å². The summed E-state index contributed by atoms with van der Waals surface area (Å²) in [7, 11) is 0. The summed E-state index contributed by atoms with van der Waals surface area (Å²) >= 11 is 0. The molecule has 0 amide bonds. The molecule has 1 heterocycles. The van der Waals surface area contributed by atoms with Gasteiger partial charge in [-0.05, 0) is 34.8 Å². The molecule has 1 aromatic carbocycles. The number of nitrogens with one attached hydrogen (secondary N) is 1. The lowest BCUT2D eigenvalue weighted by Gasteiger charge is -2.24. The van der Waals surface area contributed by atoms with Gasteiger partial charge in [-0.25, -0.2) is 0 Å². The maximum atomic E-state index is 4.10. The van der Waals surface area contributed by atoms with Crippen molar-refractivity contribution in [2.24, 2.45) is 0 Å². The largest absolute Gasteiger partial charge is 0.380 e. The molecular weight excluding hydrogens is 254 g/mol. The van der Waals surface area contributed by atoms with Gasteiger partial charge in [0.15, 0.2) is 0 Å². The van der Waals surface area contributed by atoms with Gasteiger partial charge >= 0.3 is 0 Å². The fraction of sp³-hybridized carbons (Fsp3) is 0.100. The highest BCUT2D eigenvalue weighted by Gasteiger charge is 2.16. The third kappa shape index (κ3) is 3.32. The van der Waals surface area contributed by atoms with Crippen molar-refractivity contribution in [3.8, 4) is 0 Å². The van der Waals surface area contributed by atoms with Gasteiger partial charge in [-0.1, -0.05) is 74.4 Å². The van der Waals surface area contributed by atoms with E-state index in [0.29, 0.717) is 0 Å². The molecule has 1 heteroatoms. The Morgan fingerprint density at radius 1 is 1.24 bits per heavy atom. The standard InChI is InChI=1S/C20H21N/c1-5-7-10-15(3)19-14-21-20(13-16(19)4)18-12-9-8-11-17(18)6-2/h5-14,20-21H,1-3H2,4H3/b10-7-. The Hall–Kier alpha value is -2.54. The van der Waals surface area contributed by atoms with Crippen LogP contribution >= 0.6 is 0 Å². The van der Waals surface area contributed by atoms with Crippen molar-refractivity contribution >= 4 is 6.08 Å². The maximum Gasteiger partial charge on any atom is 0.0704 e. The highest BCUT2D eigenvalue weighted by molar-refractivity contribution is 5.57. The quantitative estimate of drug-likeness (QED) is 0.737. The molecule has 1 aromatic rings. The van der Waals surface area contributed by atoms with E-state index in [1.807, 2.05) is 30.5 Å². The smallest absolute Gasteiger partial charge is 0.0704 e. The minimum Gasteiger partial charge on any atom is -0.380 e. The average molecular weight is 275 g/mol. The van der Waals surface area contributed by atoms with E-state index in [1.54, 1.807) is 6.08 Å². The van der Waals surface area contributed by atoms with Gasteiger partial charge < -0.3 is 5.32 Å². The van der Waals surface area contributed by atoms with Crippen molar-refractivity contribution < 1.29 is 0 Å². The molecule has 1 atom stereocenters. The second kappa shape index (κ2) is 6.76. The van der Waals surface area contributed by atoms with E-state index in [4.69, 9.17) is 0 Å². The lowest BCUT2D eigenvalue weighted by atomic mass is 9.92. The second-order valence-corrected chi connectivity index (χ2v) is 5.01. The first-order chi connectivity index (χ1) is 10.2. The first-order valence-electron chi connectivity index (χ1n) is 7.02. The minimum atomic E-state index is 0.166. The summed E-state index contributed by atoms with van der Waals surface area (Å²) in [5.74, 6) is 0. The molecule has 0 saturated carbocycles. The molecule has 0 aromatic heterocycles. The van der Waals surface area contributed by atoms with Crippen molar-refractivity contribution in [2.75, 3.05) is 0 Å². The van der Waals surface area contributed by atoms with Gasteiger partial charge in [-0.15, -0.1) is 0 Å². The first kappa shape index (κ1) is 14.9. The summed E-state index contributed by atoms with van der Waals surface area (Å²) in [5, 5.41) is 3.44. The van der Waals surface area contributed by atoms with Crippen molar-refractivity contribution in [3.05, 3.63) is 102 Å². The lowest BCUT2D eigenvalue weighted by molar-refractivity contribution is 0.731. The van der Waals surface area contributed by atoms with Gasteiger partial charge in [0.1, 0.15) is 0 Å². The SMILES string of the molecule is C=C/C=C\C(=C)C1=CNC(c2ccccc2C=C)C=C1C. The van der Waals surface area contributed by atoms with E-state index in [9.17, 15) is 0 Å². The zero-order chi connectivity index (χ0) is 15.2. The Labute approximate surface area is 127 Å². The van der Waals surface area contributed by atoms with Crippen molar-refractivity contribution in [1.82, 2.24) is 5.32 Å². The molecule has 1 nitrogen and oxygen atoms in total. The third-order valence-electron chi connectivity index (χ3n) is 3.58. The third-order valence-corrected chi connectivity index (χ3v) is 3.58. The summed E-state index contributed by atoms with van der Waals surface area (Å²) in [5.41, 5.74) is 5.71. The zero-order valence-electron chi connectivity index (χ0n) is 12.5. The van der Waals surface area contributed by atoms with Gasteiger partial charge in [0, 0.05) is 6.20 Å². The van der Waals surface area contributed by atoms with E-state index < -0.39 is 0 Å². The molecule has 1 unspecified atom stereocenters. The van der Waals surface area contributed by atoms with Crippen LogP contribution in [0.2, 0.25) is 0 Å². The van der Waals surface area contributed by atoms with Gasteiger partial charge in [0.05, 0.1) is 6.04 Å². The molecule has 1 aliphatic rings. The minimum absolute atomic E-state index is 0.166. The summed E-state index contributed by atoms with van der Waals surface area (Å²) < 4.78 is 0. The highest BCUT2D eigenvalue weighted by atomic mass is 14.9. The van der Waals surface area contributed by atoms with Crippen LogP contribution in [-0.2, 0) is 0 Å². The second-order valence-electron chi connectivity index (χ2n) is 5.01. The van der Waals surface area contributed by atoms with Crippen LogP contribution in [-0.4, -0.2) is 0 Å². The monoisotopic (exact) mass is 275 g/mol. The molecular formula is C20H21N. The number of hydrogen-bond donors (Lipinski definition) is 1. The van der Waals surface area contributed by atoms with E-state index in [1.165, 1.54) is 11.1 Å². The Morgan fingerprint density at radius 3 is 2.67 bits per heavy atom. The van der Waals surface area contributed by atoms with Crippen molar-refractivity contribution in [3.63, 3.8) is 0 Å². The Balaban J connectivity index is 2.26. The number of rotatable bonds is 5. The number of allylic oxidation sites excluding steroid dienone is 6. The highest BCUT2D eigenvalue weighted by Crippen LogP contribution is 2.29. The molecule has 21 heavy (non-hydrogen) atoms. The van der Waals surface area contributed by atoms with Gasteiger partial charge in [0.25, 0.3) is 0 Å². The zero-order valence-corrected chi connectivity index (χ0v) is 12.5. The molecule has 0 bridgehead atoms. The van der Waals surface area contributed by atoms with Gasteiger partial charge in [-0.3, -0.25) is 0 Å². The van der Waals surface area contributed by atoms with Crippen LogP contribution in [0.4, 0.5) is 0 Å². The number of benzene rings is 1. The van der Waals surface area contributed by atoms with E-state index in [-0.39, 0.29) is 6.04 Å². The van der Waals surface area contributed by atoms with Gasteiger partial charge in [-0.2, -0.15) is 0 Å². The van der Waals surface area contributed by atoms with Crippen molar-refractivity contribution in [1.29, 1.82) is 0 Å². The first-order valence-corrected chi connectivity index (χ1v) is 7.02. The van der Waals surface area contributed by atoms with Gasteiger partial charge in [0.2, 0.25) is 0 Å². The molecule has 0 spiro atoms. The summed E-state index contributed by atoms with van der Waals surface area (Å²) in [6.45, 7) is 13.8. The van der Waals surface area contributed by atoms with Crippen LogP contribution in [0.1, 0.15) is 24.1 Å². The average Bonchev–Trinajstić information content (AvgIpc) is 2.52. The van der Waals surface area contributed by atoms with E-state index >= 15 is 0 Å². The van der Waals surface area contributed by atoms with Crippen molar-refractivity contribution in [2.45, 2.75) is 13.0 Å². The van der Waals surface area contributed by atoms with Crippen LogP contribution in [0, 0.1) is 0 Å².